The zero-order valence-electron chi connectivity index (χ0n) is 10.5. The normalized spacial score (nSPS) is 12.5. The van der Waals surface area contributed by atoms with Gasteiger partial charge in [0.25, 0.3) is 20.2 Å². The van der Waals surface area contributed by atoms with Gasteiger partial charge in [0.05, 0.1) is 0 Å². The minimum Gasteiger partial charge on any atom is -0.504 e. The minimum atomic E-state index is -5.01. The Labute approximate surface area is 120 Å². The van der Waals surface area contributed by atoms with Crippen LogP contribution in [0.3, 0.4) is 0 Å². The molecule has 10 nitrogen and oxygen atoms in total. The molecular weight excluding hydrogens is 328 g/mol. The summed E-state index contributed by atoms with van der Waals surface area (Å²) in [7, 11) is -9.92. The molecule has 12 heteroatoms. The Bertz CT molecular complexity index is 742. The van der Waals surface area contributed by atoms with Crippen molar-refractivity contribution in [2.75, 3.05) is 13.1 Å². The van der Waals surface area contributed by atoms with Crippen molar-refractivity contribution >= 4 is 20.2 Å². The maximum Gasteiger partial charge on any atom is 0.298 e. The van der Waals surface area contributed by atoms with Gasteiger partial charge in [-0.3, -0.25) is 9.11 Å². The fraction of sp³-hybridized carbons (Fsp3) is 0.333. The molecule has 0 radical (unpaired) electrons. The standard InChI is InChI=1S/C9H14N2O8S2/c10-1-2-11-4-5-6(20(14,15)16)3-7(21(17,18)19)9(13)8(5)12/h3,11-13H,1-2,4,10H2,(H,14,15,16)(H,17,18,19). The van der Waals surface area contributed by atoms with Gasteiger partial charge in [0.2, 0.25) is 0 Å². The highest BCUT2D eigenvalue weighted by Crippen LogP contribution is 2.39. The Hall–Kier alpha value is -1.44. The molecule has 0 amide bonds. The molecule has 0 aliphatic carbocycles. The summed E-state index contributed by atoms with van der Waals surface area (Å²) < 4.78 is 62.6. The van der Waals surface area contributed by atoms with Crippen LogP contribution in [0.4, 0.5) is 0 Å². The molecule has 1 rings (SSSR count). The molecule has 0 spiro atoms. The van der Waals surface area contributed by atoms with E-state index < -0.39 is 47.1 Å². The Morgan fingerprint density at radius 2 is 1.52 bits per heavy atom. The van der Waals surface area contributed by atoms with Crippen LogP contribution in [-0.4, -0.2) is 49.2 Å². The molecule has 21 heavy (non-hydrogen) atoms. The third kappa shape index (κ3) is 4.03. The Kier molecular flexibility index (Phi) is 5.14. The first-order valence-corrected chi connectivity index (χ1v) is 8.31. The Morgan fingerprint density at radius 3 is 1.95 bits per heavy atom. The van der Waals surface area contributed by atoms with Gasteiger partial charge in [-0.25, -0.2) is 0 Å². The van der Waals surface area contributed by atoms with Crippen LogP contribution in [0.15, 0.2) is 15.9 Å². The molecule has 0 bridgehead atoms. The zero-order valence-corrected chi connectivity index (χ0v) is 12.1. The van der Waals surface area contributed by atoms with Crippen LogP contribution in [0.1, 0.15) is 5.56 Å². The van der Waals surface area contributed by atoms with E-state index >= 15 is 0 Å². The number of aromatic hydroxyl groups is 2. The van der Waals surface area contributed by atoms with Gasteiger partial charge in [-0.2, -0.15) is 16.8 Å². The average molecular weight is 342 g/mol. The van der Waals surface area contributed by atoms with E-state index in [0.29, 0.717) is 6.07 Å². The number of hydrogen-bond acceptors (Lipinski definition) is 8. The molecule has 1 aromatic carbocycles. The molecule has 0 atom stereocenters. The lowest BCUT2D eigenvalue weighted by Gasteiger charge is -2.13. The predicted molar refractivity (Wildman–Crippen MR) is 70.2 cm³/mol. The van der Waals surface area contributed by atoms with Crippen molar-refractivity contribution in [2.24, 2.45) is 5.73 Å². The lowest BCUT2D eigenvalue weighted by molar-refractivity contribution is 0.380. The summed E-state index contributed by atoms with van der Waals surface area (Å²) in [5.41, 5.74) is 4.75. The van der Waals surface area contributed by atoms with E-state index in [1.54, 1.807) is 0 Å². The molecule has 1 aromatic rings. The molecule has 0 saturated heterocycles. The highest BCUT2D eigenvalue weighted by molar-refractivity contribution is 7.86. The Morgan fingerprint density at radius 1 is 1.00 bits per heavy atom. The highest BCUT2D eigenvalue weighted by Gasteiger charge is 2.28. The van der Waals surface area contributed by atoms with Crippen molar-refractivity contribution in [1.82, 2.24) is 5.32 Å². The molecule has 7 N–H and O–H groups in total. The summed E-state index contributed by atoms with van der Waals surface area (Å²) >= 11 is 0. The van der Waals surface area contributed by atoms with Gasteiger partial charge >= 0.3 is 0 Å². The van der Waals surface area contributed by atoms with Crippen LogP contribution in [0.5, 0.6) is 11.5 Å². The van der Waals surface area contributed by atoms with Gasteiger partial charge in [-0.1, -0.05) is 0 Å². The molecule has 0 aromatic heterocycles. The first-order valence-electron chi connectivity index (χ1n) is 5.43. The van der Waals surface area contributed by atoms with Crippen LogP contribution in [-0.2, 0) is 26.8 Å². The van der Waals surface area contributed by atoms with Gasteiger partial charge in [0.15, 0.2) is 11.5 Å². The van der Waals surface area contributed by atoms with Crippen molar-refractivity contribution in [3.05, 3.63) is 11.6 Å². The number of nitrogens with two attached hydrogens (primary N) is 1. The third-order valence-corrected chi connectivity index (χ3v) is 4.27. The molecule has 0 aliphatic rings. The van der Waals surface area contributed by atoms with Crippen LogP contribution in [0.25, 0.3) is 0 Å². The van der Waals surface area contributed by atoms with E-state index in [-0.39, 0.29) is 19.6 Å². The second-order valence-electron chi connectivity index (χ2n) is 3.96. The number of phenolic OH excluding ortho intramolecular Hbond substituents is 2. The number of hydrogen-bond donors (Lipinski definition) is 6. The lowest BCUT2D eigenvalue weighted by atomic mass is 10.2. The van der Waals surface area contributed by atoms with E-state index in [4.69, 9.17) is 14.8 Å². The predicted octanol–water partition coefficient (Wildman–Crippen LogP) is -1.36. The summed E-state index contributed by atoms with van der Waals surface area (Å²) in [6, 6.07) is 0.346. The highest BCUT2D eigenvalue weighted by atomic mass is 32.2. The van der Waals surface area contributed by atoms with Gasteiger partial charge in [-0.15, -0.1) is 0 Å². The maximum absolute atomic E-state index is 11.3. The van der Waals surface area contributed by atoms with Crippen molar-refractivity contribution in [3.63, 3.8) is 0 Å². The van der Waals surface area contributed by atoms with Crippen LogP contribution < -0.4 is 11.1 Å². The van der Waals surface area contributed by atoms with Gasteiger partial charge in [0, 0.05) is 25.2 Å². The molecule has 0 aliphatic heterocycles. The number of benzene rings is 1. The van der Waals surface area contributed by atoms with Crippen LogP contribution >= 0.6 is 0 Å². The minimum absolute atomic E-state index is 0.192. The van der Waals surface area contributed by atoms with Crippen molar-refractivity contribution in [1.29, 1.82) is 0 Å². The van der Waals surface area contributed by atoms with E-state index in [2.05, 4.69) is 5.32 Å². The largest absolute Gasteiger partial charge is 0.504 e. The fourth-order valence-electron chi connectivity index (χ4n) is 1.56. The number of phenols is 2. The molecular formula is C9H14N2O8S2. The van der Waals surface area contributed by atoms with E-state index in [1.165, 1.54) is 0 Å². The fourth-order valence-corrected chi connectivity index (χ4v) is 2.99. The second kappa shape index (κ2) is 6.13. The summed E-state index contributed by atoms with van der Waals surface area (Å²) in [6.45, 7) is 0.0969. The summed E-state index contributed by atoms with van der Waals surface area (Å²) in [6.07, 6.45) is 0. The first kappa shape index (κ1) is 17.6. The monoisotopic (exact) mass is 342 g/mol. The average Bonchev–Trinajstić information content (AvgIpc) is 2.31. The smallest absolute Gasteiger partial charge is 0.298 e. The van der Waals surface area contributed by atoms with E-state index in [1.807, 2.05) is 0 Å². The second-order valence-corrected chi connectivity index (χ2v) is 6.74. The maximum atomic E-state index is 11.3. The topological polar surface area (TPSA) is 187 Å². The molecule has 120 valence electrons. The summed E-state index contributed by atoms with van der Waals surface area (Å²) in [5, 5.41) is 21.9. The molecule has 0 saturated carbocycles. The molecule has 0 fully saturated rings. The first-order chi connectivity index (χ1) is 9.50. The Balaban J connectivity index is 3.61. The van der Waals surface area contributed by atoms with Crippen LogP contribution in [0, 0.1) is 0 Å². The summed E-state index contributed by atoms with van der Waals surface area (Å²) in [4.78, 5) is -2.20. The van der Waals surface area contributed by atoms with E-state index in [0.717, 1.165) is 0 Å². The van der Waals surface area contributed by atoms with Gasteiger partial charge < -0.3 is 21.3 Å². The number of nitrogens with one attached hydrogen (secondary N) is 1. The van der Waals surface area contributed by atoms with E-state index in [9.17, 15) is 27.0 Å². The molecule has 0 heterocycles. The van der Waals surface area contributed by atoms with Gasteiger partial charge in [-0.05, 0) is 6.07 Å². The van der Waals surface area contributed by atoms with Crippen molar-refractivity contribution in [2.45, 2.75) is 16.3 Å². The lowest BCUT2D eigenvalue weighted by Crippen LogP contribution is -2.23. The number of rotatable bonds is 6. The SMILES string of the molecule is NCCNCc1c(S(=O)(=O)O)cc(S(=O)(=O)O)c(O)c1O. The molecule has 0 unspecified atom stereocenters. The van der Waals surface area contributed by atoms with Crippen molar-refractivity contribution < 1.29 is 36.2 Å². The zero-order chi connectivity index (χ0) is 16.4. The summed E-state index contributed by atoms with van der Waals surface area (Å²) in [5.74, 6) is -2.32. The van der Waals surface area contributed by atoms with Gasteiger partial charge in [0.1, 0.15) is 9.79 Å². The van der Waals surface area contributed by atoms with Crippen molar-refractivity contribution in [3.8, 4) is 11.5 Å². The quantitative estimate of drug-likeness (QED) is 0.205. The van der Waals surface area contributed by atoms with Crippen LogP contribution in [0.2, 0.25) is 0 Å². The third-order valence-electron chi connectivity index (χ3n) is 2.48.